The Bertz CT molecular complexity index is 540. The molecule has 1 aromatic rings. The van der Waals surface area contributed by atoms with Crippen molar-refractivity contribution in [3.63, 3.8) is 0 Å². The molecule has 1 heterocycles. The second-order valence-corrected chi connectivity index (χ2v) is 7.47. The Balaban J connectivity index is 2.09. The third-order valence-electron chi connectivity index (χ3n) is 3.52. The first-order valence-corrected chi connectivity index (χ1v) is 7.99. The molecule has 1 aliphatic rings. The minimum Gasteiger partial charge on any atom is -0.444 e. The van der Waals surface area contributed by atoms with Gasteiger partial charge in [-0.25, -0.2) is 13.6 Å². The number of amides is 1. The smallest absolute Gasteiger partial charge is 0.410 e. The number of rotatable bonds is 1. The van der Waals surface area contributed by atoms with Crippen LogP contribution in [0, 0.1) is 0 Å². The highest BCUT2D eigenvalue weighted by Crippen LogP contribution is 2.40. The lowest BCUT2D eigenvalue weighted by atomic mass is 9.86. The summed E-state index contributed by atoms with van der Waals surface area (Å²) in [5, 5.41) is 0. The summed E-state index contributed by atoms with van der Waals surface area (Å²) in [5.41, 5.74) is -0.0911. The van der Waals surface area contributed by atoms with Gasteiger partial charge in [-0.15, -0.1) is 0 Å². The Labute approximate surface area is 137 Å². The lowest BCUT2D eigenvalue weighted by molar-refractivity contribution is -0.0848. The summed E-state index contributed by atoms with van der Waals surface area (Å²) in [6.45, 7) is 4.82. The van der Waals surface area contributed by atoms with E-state index in [1.165, 1.54) is 0 Å². The summed E-state index contributed by atoms with van der Waals surface area (Å²) in [6.07, 6.45) is -0.463. The van der Waals surface area contributed by atoms with Crippen LogP contribution >= 0.6 is 15.9 Å². The van der Waals surface area contributed by atoms with Crippen LogP contribution in [0.15, 0.2) is 28.7 Å². The normalized spacial score (nSPS) is 21.5. The topological polar surface area (TPSA) is 29.5 Å². The van der Waals surface area contributed by atoms with Crippen LogP contribution < -0.4 is 0 Å². The van der Waals surface area contributed by atoms with E-state index in [2.05, 4.69) is 15.9 Å². The van der Waals surface area contributed by atoms with E-state index in [0.717, 1.165) is 9.37 Å². The fourth-order valence-electron chi connectivity index (χ4n) is 2.53. The number of alkyl halides is 2. The van der Waals surface area contributed by atoms with E-state index in [1.54, 1.807) is 45.0 Å². The number of hydrogen-bond donors (Lipinski definition) is 0. The minimum atomic E-state index is -2.97. The van der Waals surface area contributed by atoms with Crippen LogP contribution in [0.3, 0.4) is 0 Å². The van der Waals surface area contributed by atoms with Gasteiger partial charge >= 0.3 is 6.09 Å². The molecule has 1 aliphatic heterocycles. The van der Waals surface area contributed by atoms with Crippen LogP contribution in [0.25, 0.3) is 0 Å². The number of benzene rings is 1. The largest absolute Gasteiger partial charge is 0.444 e. The number of nitrogens with zero attached hydrogens (tertiary/aromatic N) is 1. The van der Waals surface area contributed by atoms with Gasteiger partial charge in [0.2, 0.25) is 0 Å². The molecule has 0 aromatic heterocycles. The quantitative estimate of drug-likeness (QED) is 0.704. The first-order valence-electron chi connectivity index (χ1n) is 7.20. The number of piperidine rings is 1. The molecule has 2 rings (SSSR count). The molecule has 1 unspecified atom stereocenters. The average Bonchev–Trinajstić information content (AvgIpc) is 2.37. The first kappa shape index (κ1) is 17.2. The standard InChI is InChI=1S/C16H20BrF2NO2/c1-15(2,3)22-14(21)20-9-8-13(16(18,19)10-20)11-4-6-12(17)7-5-11/h4-7,13H,8-10H2,1-3H3. The highest BCUT2D eigenvalue weighted by molar-refractivity contribution is 9.10. The number of carbonyl (C=O) groups is 1. The molecule has 122 valence electrons. The van der Waals surface area contributed by atoms with Crippen LogP contribution in [0.2, 0.25) is 0 Å². The molecule has 1 fully saturated rings. The van der Waals surface area contributed by atoms with Crippen molar-refractivity contribution in [2.24, 2.45) is 0 Å². The van der Waals surface area contributed by atoms with Crippen molar-refractivity contribution in [2.75, 3.05) is 13.1 Å². The lowest BCUT2D eigenvalue weighted by Crippen LogP contribution is -2.50. The van der Waals surface area contributed by atoms with Crippen molar-refractivity contribution in [2.45, 2.75) is 44.6 Å². The Morgan fingerprint density at radius 2 is 1.91 bits per heavy atom. The van der Waals surface area contributed by atoms with E-state index >= 15 is 0 Å². The molecule has 1 saturated heterocycles. The second-order valence-electron chi connectivity index (χ2n) is 6.56. The molecule has 0 N–H and O–H groups in total. The zero-order valence-electron chi connectivity index (χ0n) is 12.9. The molecule has 0 aliphatic carbocycles. The van der Waals surface area contributed by atoms with Gasteiger partial charge in [0.05, 0.1) is 12.5 Å². The van der Waals surface area contributed by atoms with Gasteiger partial charge in [0.15, 0.2) is 0 Å². The summed E-state index contributed by atoms with van der Waals surface area (Å²) in [7, 11) is 0. The van der Waals surface area contributed by atoms with Gasteiger partial charge in [-0.05, 0) is 44.9 Å². The summed E-state index contributed by atoms with van der Waals surface area (Å²) >= 11 is 3.30. The Kier molecular flexibility index (Phi) is 4.80. The summed E-state index contributed by atoms with van der Waals surface area (Å²) in [5.74, 6) is -3.84. The molecule has 0 radical (unpaired) electrons. The summed E-state index contributed by atoms with van der Waals surface area (Å²) in [4.78, 5) is 13.1. The lowest BCUT2D eigenvalue weighted by Gasteiger charge is -2.39. The number of ether oxygens (including phenoxy) is 1. The molecule has 0 spiro atoms. The van der Waals surface area contributed by atoms with Gasteiger partial charge in [0.1, 0.15) is 5.60 Å². The van der Waals surface area contributed by atoms with Crippen molar-refractivity contribution >= 4 is 22.0 Å². The van der Waals surface area contributed by atoms with Gasteiger partial charge < -0.3 is 9.64 Å². The van der Waals surface area contributed by atoms with Crippen molar-refractivity contribution in [1.82, 2.24) is 4.90 Å². The van der Waals surface area contributed by atoms with Crippen LogP contribution in [-0.4, -0.2) is 35.6 Å². The first-order chi connectivity index (χ1) is 10.1. The number of hydrogen-bond acceptors (Lipinski definition) is 2. The zero-order chi connectivity index (χ0) is 16.5. The molecule has 1 aromatic carbocycles. The third kappa shape index (κ3) is 4.18. The average molecular weight is 376 g/mol. The monoisotopic (exact) mass is 375 g/mol. The van der Waals surface area contributed by atoms with E-state index in [4.69, 9.17) is 4.74 Å². The maximum atomic E-state index is 14.4. The minimum absolute atomic E-state index is 0.216. The summed E-state index contributed by atoms with van der Waals surface area (Å²) in [6, 6.07) is 6.91. The van der Waals surface area contributed by atoms with Crippen molar-refractivity contribution in [3.05, 3.63) is 34.3 Å². The van der Waals surface area contributed by atoms with Crippen molar-refractivity contribution in [1.29, 1.82) is 0 Å². The molecule has 1 atom stereocenters. The van der Waals surface area contributed by atoms with Crippen molar-refractivity contribution in [3.8, 4) is 0 Å². The molecule has 0 saturated carbocycles. The molecule has 6 heteroatoms. The van der Waals surface area contributed by atoms with Crippen LogP contribution in [-0.2, 0) is 4.74 Å². The number of carbonyl (C=O) groups excluding carboxylic acids is 1. The molecule has 0 bridgehead atoms. The van der Waals surface area contributed by atoms with Gasteiger partial charge in [0.25, 0.3) is 5.92 Å². The Morgan fingerprint density at radius 1 is 1.32 bits per heavy atom. The molecular formula is C16H20BrF2NO2. The van der Waals surface area contributed by atoms with Gasteiger partial charge in [0, 0.05) is 11.0 Å². The molecule has 1 amide bonds. The molecule has 3 nitrogen and oxygen atoms in total. The Morgan fingerprint density at radius 3 is 2.41 bits per heavy atom. The van der Waals surface area contributed by atoms with E-state index in [0.29, 0.717) is 5.56 Å². The zero-order valence-corrected chi connectivity index (χ0v) is 14.5. The molecule has 22 heavy (non-hydrogen) atoms. The third-order valence-corrected chi connectivity index (χ3v) is 4.05. The maximum Gasteiger partial charge on any atom is 0.410 e. The number of likely N-dealkylation sites (tertiary alicyclic amines) is 1. The predicted octanol–water partition coefficient (Wildman–Crippen LogP) is 4.81. The van der Waals surface area contributed by atoms with Crippen LogP contribution in [0.5, 0.6) is 0 Å². The van der Waals surface area contributed by atoms with E-state index < -0.39 is 30.1 Å². The maximum absolute atomic E-state index is 14.4. The second kappa shape index (κ2) is 6.14. The SMILES string of the molecule is CC(C)(C)OC(=O)N1CCC(c2ccc(Br)cc2)C(F)(F)C1. The Hall–Kier alpha value is -1.17. The summed E-state index contributed by atoms with van der Waals surface area (Å²) < 4.78 is 34.9. The fourth-order valence-corrected chi connectivity index (χ4v) is 2.79. The van der Waals surface area contributed by atoms with Gasteiger partial charge in [-0.2, -0.15) is 0 Å². The highest BCUT2D eigenvalue weighted by Gasteiger charge is 2.47. The van der Waals surface area contributed by atoms with E-state index in [9.17, 15) is 13.6 Å². The van der Waals surface area contributed by atoms with Crippen LogP contribution in [0.4, 0.5) is 13.6 Å². The molecular weight excluding hydrogens is 356 g/mol. The van der Waals surface area contributed by atoms with Gasteiger partial charge in [-0.3, -0.25) is 0 Å². The van der Waals surface area contributed by atoms with Crippen molar-refractivity contribution < 1.29 is 18.3 Å². The number of halogens is 3. The van der Waals surface area contributed by atoms with E-state index in [-0.39, 0.29) is 13.0 Å². The fraction of sp³-hybridized carbons (Fsp3) is 0.562. The highest BCUT2D eigenvalue weighted by atomic mass is 79.9. The van der Waals surface area contributed by atoms with E-state index in [1.807, 2.05) is 0 Å². The predicted molar refractivity (Wildman–Crippen MR) is 84.3 cm³/mol. The van der Waals surface area contributed by atoms with Crippen LogP contribution in [0.1, 0.15) is 38.7 Å². The van der Waals surface area contributed by atoms with Gasteiger partial charge in [-0.1, -0.05) is 28.1 Å².